The highest BCUT2D eigenvalue weighted by molar-refractivity contribution is 5.25. The van der Waals surface area contributed by atoms with E-state index >= 15 is 0 Å². The molecule has 0 aliphatic heterocycles. The Morgan fingerprint density at radius 1 is 1.15 bits per heavy atom. The molecule has 0 aromatic heterocycles. The van der Waals surface area contributed by atoms with Gasteiger partial charge in [0.2, 0.25) is 5.82 Å². The quantitative estimate of drug-likeness (QED) is 0.657. The van der Waals surface area contributed by atoms with Gasteiger partial charge in [0.05, 0.1) is 6.61 Å². The number of ether oxygens (including phenoxy) is 1. The fourth-order valence-corrected chi connectivity index (χ4v) is 2.84. The fourth-order valence-electron chi connectivity index (χ4n) is 2.84. The summed E-state index contributed by atoms with van der Waals surface area (Å²) >= 11 is 0. The van der Waals surface area contributed by atoms with Gasteiger partial charge in [-0.05, 0) is 49.7 Å². The zero-order chi connectivity index (χ0) is 14.4. The number of hydrogen-bond acceptors (Lipinski definition) is 1. The van der Waals surface area contributed by atoms with Gasteiger partial charge in [-0.25, -0.2) is 4.39 Å². The molecule has 2 rings (SSSR count). The molecule has 1 fully saturated rings. The van der Waals surface area contributed by atoms with E-state index in [9.17, 15) is 8.78 Å². The molecule has 1 aliphatic carbocycles. The Kier molecular flexibility index (Phi) is 5.57. The second-order valence-corrected chi connectivity index (χ2v) is 5.62. The standard InChI is InChI=1S/C17H22F2O/c1-2-3-5-13-8-10-14(11-9-13)12-20-16-7-4-6-15(18)17(16)19/h2,4,6-7,13-14H,1,3,5,8-12H2/t13-,14-. The van der Waals surface area contributed by atoms with Crippen LogP contribution in [0.25, 0.3) is 0 Å². The van der Waals surface area contributed by atoms with Gasteiger partial charge in [0.15, 0.2) is 11.6 Å². The van der Waals surface area contributed by atoms with Crippen LogP contribution in [0.1, 0.15) is 38.5 Å². The van der Waals surface area contributed by atoms with Crippen molar-refractivity contribution in [1.29, 1.82) is 0 Å². The van der Waals surface area contributed by atoms with Crippen LogP contribution in [0.3, 0.4) is 0 Å². The van der Waals surface area contributed by atoms with E-state index in [1.165, 1.54) is 31.4 Å². The largest absolute Gasteiger partial charge is 0.490 e. The minimum Gasteiger partial charge on any atom is -0.490 e. The Morgan fingerprint density at radius 3 is 2.55 bits per heavy atom. The smallest absolute Gasteiger partial charge is 0.200 e. The third-order valence-corrected chi connectivity index (χ3v) is 4.14. The summed E-state index contributed by atoms with van der Waals surface area (Å²) in [5, 5.41) is 0. The van der Waals surface area contributed by atoms with Gasteiger partial charge in [0.25, 0.3) is 0 Å². The molecule has 1 aliphatic rings. The lowest BCUT2D eigenvalue weighted by Crippen LogP contribution is -2.20. The van der Waals surface area contributed by atoms with Crippen LogP contribution in [0.2, 0.25) is 0 Å². The van der Waals surface area contributed by atoms with Gasteiger partial charge in [-0.1, -0.05) is 25.0 Å². The second-order valence-electron chi connectivity index (χ2n) is 5.62. The summed E-state index contributed by atoms with van der Waals surface area (Å²) in [6.07, 6.45) is 8.90. The van der Waals surface area contributed by atoms with E-state index in [-0.39, 0.29) is 5.75 Å². The molecule has 1 aromatic carbocycles. The van der Waals surface area contributed by atoms with Crippen molar-refractivity contribution in [1.82, 2.24) is 0 Å². The monoisotopic (exact) mass is 280 g/mol. The average Bonchev–Trinajstić information content (AvgIpc) is 2.48. The molecule has 1 aromatic rings. The van der Waals surface area contributed by atoms with Crippen LogP contribution in [-0.4, -0.2) is 6.61 Å². The summed E-state index contributed by atoms with van der Waals surface area (Å²) in [6.45, 7) is 4.23. The first-order valence-electron chi connectivity index (χ1n) is 7.38. The molecule has 0 unspecified atom stereocenters. The van der Waals surface area contributed by atoms with Crippen molar-refractivity contribution < 1.29 is 13.5 Å². The van der Waals surface area contributed by atoms with Gasteiger partial charge in [0, 0.05) is 0 Å². The van der Waals surface area contributed by atoms with Crippen molar-refractivity contribution in [2.45, 2.75) is 38.5 Å². The second kappa shape index (κ2) is 7.41. The normalized spacial score (nSPS) is 22.5. The third-order valence-electron chi connectivity index (χ3n) is 4.14. The van der Waals surface area contributed by atoms with Crippen molar-refractivity contribution in [2.75, 3.05) is 6.61 Å². The summed E-state index contributed by atoms with van der Waals surface area (Å²) in [4.78, 5) is 0. The molecule has 3 heteroatoms. The van der Waals surface area contributed by atoms with Crippen LogP contribution in [0.15, 0.2) is 30.9 Å². The molecule has 110 valence electrons. The fraction of sp³-hybridized carbons (Fsp3) is 0.529. The predicted octanol–water partition coefficient (Wildman–Crippen LogP) is 5.12. The van der Waals surface area contributed by atoms with Gasteiger partial charge < -0.3 is 4.74 Å². The van der Waals surface area contributed by atoms with E-state index in [0.717, 1.165) is 31.2 Å². The summed E-state index contributed by atoms with van der Waals surface area (Å²) in [7, 11) is 0. The van der Waals surface area contributed by atoms with Gasteiger partial charge >= 0.3 is 0 Å². The Balaban J connectivity index is 1.76. The molecule has 0 spiro atoms. The zero-order valence-corrected chi connectivity index (χ0v) is 11.8. The summed E-state index contributed by atoms with van der Waals surface area (Å²) in [5.74, 6) is -0.464. The molecule has 0 saturated heterocycles. The van der Waals surface area contributed by atoms with Crippen LogP contribution < -0.4 is 4.74 Å². The maximum atomic E-state index is 13.4. The van der Waals surface area contributed by atoms with Crippen LogP contribution >= 0.6 is 0 Å². The SMILES string of the molecule is C=CCC[C@H]1CC[C@H](COc2cccc(F)c2F)CC1. The van der Waals surface area contributed by atoms with Crippen molar-refractivity contribution in [3.05, 3.63) is 42.5 Å². The molecular weight excluding hydrogens is 258 g/mol. The average molecular weight is 280 g/mol. The Labute approximate surface area is 119 Å². The van der Waals surface area contributed by atoms with E-state index in [1.54, 1.807) is 0 Å². The molecule has 0 N–H and O–H groups in total. The zero-order valence-electron chi connectivity index (χ0n) is 11.8. The highest BCUT2D eigenvalue weighted by Gasteiger charge is 2.21. The molecule has 0 bridgehead atoms. The van der Waals surface area contributed by atoms with E-state index in [4.69, 9.17) is 4.74 Å². The summed E-state index contributed by atoms with van der Waals surface area (Å²) in [6, 6.07) is 4.06. The lowest BCUT2D eigenvalue weighted by atomic mass is 9.80. The van der Waals surface area contributed by atoms with E-state index in [0.29, 0.717) is 12.5 Å². The minimum absolute atomic E-state index is 0.0266. The van der Waals surface area contributed by atoms with E-state index in [2.05, 4.69) is 6.58 Å². The highest BCUT2D eigenvalue weighted by atomic mass is 19.2. The van der Waals surface area contributed by atoms with Crippen LogP contribution in [-0.2, 0) is 0 Å². The molecule has 1 saturated carbocycles. The summed E-state index contributed by atoms with van der Waals surface area (Å²) < 4.78 is 31.9. The van der Waals surface area contributed by atoms with E-state index < -0.39 is 11.6 Å². The first-order chi connectivity index (χ1) is 9.70. The van der Waals surface area contributed by atoms with Crippen molar-refractivity contribution in [2.24, 2.45) is 11.8 Å². The van der Waals surface area contributed by atoms with Gasteiger partial charge in [0.1, 0.15) is 0 Å². The van der Waals surface area contributed by atoms with Crippen molar-refractivity contribution in [3.63, 3.8) is 0 Å². The predicted molar refractivity (Wildman–Crippen MR) is 76.7 cm³/mol. The third kappa shape index (κ3) is 4.06. The first-order valence-corrected chi connectivity index (χ1v) is 7.38. The number of benzene rings is 1. The maximum absolute atomic E-state index is 13.4. The molecule has 0 radical (unpaired) electrons. The van der Waals surface area contributed by atoms with Crippen LogP contribution in [0.5, 0.6) is 5.75 Å². The molecule has 0 heterocycles. The lowest BCUT2D eigenvalue weighted by molar-refractivity contribution is 0.174. The number of rotatable bonds is 6. The maximum Gasteiger partial charge on any atom is 0.200 e. The molecule has 1 nitrogen and oxygen atoms in total. The molecule has 20 heavy (non-hydrogen) atoms. The van der Waals surface area contributed by atoms with Gasteiger partial charge in [-0.2, -0.15) is 4.39 Å². The van der Waals surface area contributed by atoms with Crippen LogP contribution in [0, 0.1) is 23.5 Å². The number of allylic oxidation sites excluding steroid dienone is 1. The van der Waals surface area contributed by atoms with Crippen LogP contribution in [0.4, 0.5) is 8.78 Å². The molecule has 0 atom stereocenters. The molecular formula is C17H22F2O. The van der Waals surface area contributed by atoms with E-state index in [1.807, 2.05) is 6.08 Å². The van der Waals surface area contributed by atoms with Crippen molar-refractivity contribution >= 4 is 0 Å². The lowest BCUT2D eigenvalue weighted by Gasteiger charge is -2.28. The minimum atomic E-state index is -0.882. The summed E-state index contributed by atoms with van der Waals surface area (Å²) in [5.41, 5.74) is 0. The highest BCUT2D eigenvalue weighted by Crippen LogP contribution is 2.32. The number of hydrogen-bond donors (Lipinski definition) is 0. The van der Waals surface area contributed by atoms with Gasteiger partial charge in [-0.3, -0.25) is 0 Å². The Morgan fingerprint density at radius 2 is 1.85 bits per heavy atom. The first kappa shape index (κ1) is 15.0. The number of halogens is 2. The topological polar surface area (TPSA) is 9.23 Å². The Bertz CT molecular complexity index is 437. The van der Waals surface area contributed by atoms with Crippen molar-refractivity contribution in [3.8, 4) is 5.75 Å². The Hall–Kier alpha value is -1.38. The molecule has 0 amide bonds. The van der Waals surface area contributed by atoms with Gasteiger partial charge in [-0.15, -0.1) is 6.58 Å².